The van der Waals surface area contributed by atoms with Gasteiger partial charge in [-0.1, -0.05) is 6.07 Å². The number of methoxy groups -OCH3 is 1. The van der Waals surface area contributed by atoms with Crippen LogP contribution in [0.15, 0.2) is 42.7 Å². The maximum Gasteiger partial charge on any atom is 0.264 e. The number of nitrogen functional groups attached to an aromatic ring is 1. The van der Waals surface area contributed by atoms with E-state index in [0.717, 1.165) is 5.69 Å². The standard InChI is InChI=1S/C15H17N3O2/c1-3-18(11-7-9-17-10-8-11)15(19)14-12(16)5-4-6-13(14)20-2/h4-10H,3,16H2,1-2H3. The third-order valence-corrected chi connectivity index (χ3v) is 3.03. The molecule has 0 fully saturated rings. The molecular formula is C15H17N3O2. The van der Waals surface area contributed by atoms with E-state index in [1.807, 2.05) is 6.92 Å². The van der Waals surface area contributed by atoms with E-state index in [-0.39, 0.29) is 5.91 Å². The van der Waals surface area contributed by atoms with E-state index >= 15 is 0 Å². The Kier molecular flexibility index (Phi) is 4.20. The topological polar surface area (TPSA) is 68.5 Å². The Morgan fingerprint density at radius 2 is 2.00 bits per heavy atom. The molecule has 0 saturated carbocycles. The summed E-state index contributed by atoms with van der Waals surface area (Å²) in [6.45, 7) is 2.43. The van der Waals surface area contributed by atoms with Crippen molar-refractivity contribution in [3.8, 4) is 5.75 Å². The Labute approximate surface area is 118 Å². The Morgan fingerprint density at radius 3 is 2.60 bits per heavy atom. The zero-order valence-electron chi connectivity index (χ0n) is 11.5. The van der Waals surface area contributed by atoms with Gasteiger partial charge < -0.3 is 15.4 Å². The molecule has 1 heterocycles. The highest BCUT2D eigenvalue weighted by atomic mass is 16.5. The van der Waals surface area contributed by atoms with Crippen LogP contribution in [0.2, 0.25) is 0 Å². The average Bonchev–Trinajstić information content (AvgIpc) is 2.48. The molecule has 2 N–H and O–H groups in total. The molecule has 0 bridgehead atoms. The van der Waals surface area contributed by atoms with Gasteiger partial charge in [0, 0.05) is 30.3 Å². The van der Waals surface area contributed by atoms with Crippen LogP contribution in [0.1, 0.15) is 17.3 Å². The third-order valence-electron chi connectivity index (χ3n) is 3.03. The molecule has 0 atom stereocenters. The molecule has 0 saturated heterocycles. The number of anilines is 2. The lowest BCUT2D eigenvalue weighted by atomic mass is 10.1. The summed E-state index contributed by atoms with van der Waals surface area (Å²) in [4.78, 5) is 18.3. The second-order valence-electron chi connectivity index (χ2n) is 4.18. The Hall–Kier alpha value is -2.56. The summed E-state index contributed by atoms with van der Waals surface area (Å²) in [7, 11) is 1.52. The molecule has 0 unspecified atom stereocenters. The van der Waals surface area contributed by atoms with Gasteiger partial charge >= 0.3 is 0 Å². The van der Waals surface area contributed by atoms with Crippen molar-refractivity contribution in [3.63, 3.8) is 0 Å². The van der Waals surface area contributed by atoms with E-state index in [9.17, 15) is 4.79 Å². The molecule has 20 heavy (non-hydrogen) atoms. The van der Waals surface area contributed by atoms with Crippen molar-refractivity contribution >= 4 is 17.3 Å². The molecule has 5 heteroatoms. The van der Waals surface area contributed by atoms with Gasteiger partial charge in [0.15, 0.2) is 0 Å². The zero-order chi connectivity index (χ0) is 14.5. The van der Waals surface area contributed by atoms with E-state index in [2.05, 4.69) is 4.98 Å². The number of nitrogens with zero attached hydrogens (tertiary/aromatic N) is 2. The lowest BCUT2D eigenvalue weighted by Gasteiger charge is -2.22. The summed E-state index contributed by atoms with van der Waals surface area (Å²) in [6.07, 6.45) is 3.30. The van der Waals surface area contributed by atoms with Crippen molar-refractivity contribution in [1.82, 2.24) is 4.98 Å². The summed E-state index contributed by atoms with van der Waals surface area (Å²) >= 11 is 0. The predicted molar refractivity (Wildman–Crippen MR) is 79.0 cm³/mol. The first-order valence-electron chi connectivity index (χ1n) is 6.33. The van der Waals surface area contributed by atoms with Crippen LogP contribution in [-0.2, 0) is 0 Å². The van der Waals surface area contributed by atoms with E-state index in [1.54, 1.807) is 47.6 Å². The molecule has 1 amide bonds. The maximum absolute atomic E-state index is 12.7. The number of rotatable bonds is 4. The van der Waals surface area contributed by atoms with E-state index in [0.29, 0.717) is 23.5 Å². The molecule has 0 radical (unpaired) electrons. The zero-order valence-corrected chi connectivity index (χ0v) is 11.5. The van der Waals surface area contributed by atoms with Crippen LogP contribution in [0.3, 0.4) is 0 Å². The number of carbonyl (C=O) groups excluding carboxylic acids is 1. The van der Waals surface area contributed by atoms with Crippen molar-refractivity contribution in [2.45, 2.75) is 6.92 Å². The average molecular weight is 271 g/mol. The number of hydrogen-bond donors (Lipinski definition) is 1. The Balaban J connectivity index is 2.45. The van der Waals surface area contributed by atoms with Gasteiger partial charge in [0.25, 0.3) is 5.91 Å². The fourth-order valence-corrected chi connectivity index (χ4v) is 2.05. The van der Waals surface area contributed by atoms with Crippen LogP contribution in [0, 0.1) is 0 Å². The summed E-state index contributed by atoms with van der Waals surface area (Å²) in [6, 6.07) is 8.74. The molecule has 2 aromatic rings. The van der Waals surface area contributed by atoms with Gasteiger partial charge in [0.1, 0.15) is 11.3 Å². The monoisotopic (exact) mass is 271 g/mol. The largest absolute Gasteiger partial charge is 0.496 e. The highest BCUT2D eigenvalue weighted by Gasteiger charge is 2.22. The van der Waals surface area contributed by atoms with Crippen LogP contribution < -0.4 is 15.4 Å². The second kappa shape index (κ2) is 6.06. The van der Waals surface area contributed by atoms with Crippen LogP contribution in [0.4, 0.5) is 11.4 Å². The predicted octanol–water partition coefficient (Wildman–Crippen LogP) is 2.34. The minimum Gasteiger partial charge on any atom is -0.496 e. The molecule has 0 aliphatic rings. The number of carbonyl (C=O) groups is 1. The smallest absolute Gasteiger partial charge is 0.264 e. The van der Waals surface area contributed by atoms with Gasteiger partial charge in [-0.2, -0.15) is 0 Å². The molecule has 1 aromatic carbocycles. The minimum atomic E-state index is -0.186. The van der Waals surface area contributed by atoms with Crippen molar-refractivity contribution in [2.24, 2.45) is 0 Å². The van der Waals surface area contributed by atoms with Crippen LogP contribution in [0.25, 0.3) is 0 Å². The molecule has 0 aliphatic carbocycles. The summed E-state index contributed by atoms with van der Waals surface area (Å²) in [5, 5.41) is 0. The van der Waals surface area contributed by atoms with Crippen molar-refractivity contribution in [1.29, 1.82) is 0 Å². The molecule has 2 rings (SSSR count). The summed E-state index contributed by atoms with van der Waals surface area (Å²) in [5.41, 5.74) is 7.49. The number of nitrogens with two attached hydrogens (primary N) is 1. The number of hydrogen-bond acceptors (Lipinski definition) is 4. The molecule has 0 aliphatic heterocycles. The number of benzene rings is 1. The van der Waals surface area contributed by atoms with Gasteiger partial charge in [-0.25, -0.2) is 0 Å². The first-order valence-corrected chi connectivity index (χ1v) is 6.33. The van der Waals surface area contributed by atoms with E-state index < -0.39 is 0 Å². The SMILES string of the molecule is CCN(C(=O)c1c(N)cccc1OC)c1ccncc1. The summed E-state index contributed by atoms with van der Waals surface area (Å²) < 4.78 is 5.24. The van der Waals surface area contributed by atoms with Crippen LogP contribution in [0.5, 0.6) is 5.75 Å². The van der Waals surface area contributed by atoms with Crippen molar-refractivity contribution in [3.05, 3.63) is 48.3 Å². The molecule has 1 aromatic heterocycles. The van der Waals surface area contributed by atoms with Gasteiger partial charge in [0.2, 0.25) is 0 Å². The fraction of sp³-hybridized carbons (Fsp3) is 0.200. The normalized spacial score (nSPS) is 10.1. The van der Waals surface area contributed by atoms with Crippen LogP contribution in [-0.4, -0.2) is 24.5 Å². The van der Waals surface area contributed by atoms with Crippen molar-refractivity contribution in [2.75, 3.05) is 24.3 Å². The highest BCUT2D eigenvalue weighted by Crippen LogP contribution is 2.27. The summed E-state index contributed by atoms with van der Waals surface area (Å²) in [5.74, 6) is 0.288. The van der Waals surface area contributed by atoms with Gasteiger partial charge in [-0.3, -0.25) is 9.78 Å². The van der Waals surface area contributed by atoms with E-state index in [1.165, 1.54) is 7.11 Å². The van der Waals surface area contributed by atoms with Gasteiger partial charge in [-0.15, -0.1) is 0 Å². The number of amides is 1. The quantitative estimate of drug-likeness (QED) is 0.867. The lowest BCUT2D eigenvalue weighted by molar-refractivity contribution is 0.0986. The number of aromatic nitrogens is 1. The first kappa shape index (κ1) is 13.9. The lowest BCUT2D eigenvalue weighted by Crippen LogP contribution is -2.31. The number of pyridine rings is 1. The second-order valence-corrected chi connectivity index (χ2v) is 4.18. The fourth-order valence-electron chi connectivity index (χ4n) is 2.05. The van der Waals surface area contributed by atoms with E-state index in [4.69, 9.17) is 10.5 Å². The number of ether oxygens (including phenoxy) is 1. The molecule has 104 valence electrons. The Morgan fingerprint density at radius 1 is 1.30 bits per heavy atom. The third kappa shape index (κ3) is 2.56. The molecular weight excluding hydrogens is 254 g/mol. The van der Waals surface area contributed by atoms with Crippen LogP contribution >= 0.6 is 0 Å². The minimum absolute atomic E-state index is 0.186. The first-order chi connectivity index (χ1) is 9.69. The maximum atomic E-state index is 12.7. The highest BCUT2D eigenvalue weighted by molar-refractivity contribution is 6.11. The molecule has 5 nitrogen and oxygen atoms in total. The molecule has 0 spiro atoms. The Bertz CT molecular complexity index is 599. The van der Waals surface area contributed by atoms with Crippen molar-refractivity contribution < 1.29 is 9.53 Å². The van der Waals surface area contributed by atoms with Gasteiger partial charge in [-0.05, 0) is 31.2 Å². The van der Waals surface area contributed by atoms with Gasteiger partial charge in [0.05, 0.1) is 7.11 Å².